The number of hydrogen-bond acceptors (Lipinski definition) is 4. The van der Waals surface area contributed by atoms with Crippen molar-refractivity contribution in [2.75, 3.05) is 39.1 Å². The second-order valence-corrected chi connectivity index (χ2v) is 5.82. The molecule has 0 radical (unpaired) electrons. The van der Waals surface area contributed by atoms with Gasteiger partial charge in [0.2, 0.25) is 5.91 Å². The predicted octanol–water partition coefficient (Wildman–Crippen LogP) is 1.97. The maximum atomic E-state index is 12.0. The largest absolute Gasteiger partial charge is 0.497 e. The van der Waals surface area contributed by atoms with Gasteiger partial charge >= 0.3 is 0 Å². The first kappa shape index (κ1) is 19.7. The van der Waals surface area contributed by atoms with Crippen molar-refractivity contribution in [3.8, 4) is 5.75 Å². The predicted molar refractivity (Wildman–Crippen MR) is 89.2 cm³/mol. The Balaban J connectivity index is 0.00000400. The van der Waals surface area contributed by atoms with Crippen molar-refractivity contribution in [2.45, 2.75) is 13.8 Å². The van der Waals surface area contributed by atoms with Gasteiger partial charge in [-0.05, 0) is 31.1 Å². The fourth-order valence-corrected chi connectivity index (χ4v) is 2.00. The summed E-state index contributed by atoms with van der Waals surface area (Å²) in [5.74, 6) is 0.675. The lowest BCUT2D eigenvalue weighted by atomic mass is 9.93. The van der Waals surface area contributed by atoms with Crippen LogP contribution in [0.3, 0.4) is 0 Å². The third kappa shape index (κ3) is 7.32. The molecule has 5 nitrogen and oxygen atoms in total. The minimum absolute atomic E-state index is 0. The molecule has 21 heavy (non-hydrogen) atoms. The lowest BCUT2D eigenvalue weighted by molar-refractivity contribution is -0.117. The third-order valence-electron chi connectivity index (χ3n) is 3.02. The Bertz CT molecular complexity index is 452. The second kappa shape index (κ2) is 8.87. The summed E-state index contributed by atoms with van der Waals surface area (Å²) < 4.78 is 5.12. The van der Waals surface area contributed by atoms with E-state index in [1.807, 2.05) is 30.1 Å². The molecular weight excluding hydrogens is 290 g/mol. The van der Waals surface area contributed by atoms with Crippen molar-refractivity contribution in [1.82, 2.24) is 4.90 Å². The van der Waals surface area contributed by atoms with Gasteiger partial charge in [0.1, 0.15) is 5.75 Å². The highest BCUT2D eigenvalue weighted by atomic mass is 35.5. The molecule has 6 heteroatoms. The van der Waals surface area contributed by atoms with E-state index in [-0.39, 0.29) is 23.7 Å². The summed E-state index contributed by atoms with van der Waals surface area (Å²) in [6.45, 7) is 5.87. The van der Waals surface area contributed by atoms with Crippen LogP contribution >= 0.6 is 12.4 Å². The number of rotatable bonds is 7. The average Bonchev–Trinajstić information content (AvgIpc) is 2.37. The van der Waals surface area contributed by atoms with Crippen LogP contribution in [0.15, 0.2) is 24.3 Å². The van der Waals surface area contributed by atoms with Crippen LogP contribution < -0.4 is 15.8 Å². The van der Waals surface area contributed by atoms with Gasteiger partial charge in [0.25, 0.3) is 0 Å². The number of ether oxygens (including phenoxy) is 1. The Hall–Kier alpha value is -1.30. The minimum Gasteiger partial charge on any atom is -0.497 e. The van der Waals surface area contributed by atoms with Gasteiger partial charge in [-0.2, -0.15) is 0 Å². The van der Waals surface area contributed by atoms with E-state index in [1.54, 1.807) is 13.2 Å². The zero-order chi connectivity index (χ0) is 15.2. The molecule has 120 valence electrons. The van der Waals surface area contributed by atoms with Crippen LogP contribution in [0, 0.1) is 5.41 Å². The smallest absolute Gasteiger partial charge is 0.238 e. The SMILES string of the molecule is COc1cccc(NC(=O)CN(C)CC(C)(C)CN)c1.Cl. The van der Waals surface area contributed by atoms with Crippen molar-refractivity contribution < 1.29 is 9.53 Å². The molecule has 0 fully saturated rings. The van der Waals surface area contributed by atoms with Crippen molar-refractivity contribution in [3.63, 3.8) is 0 Å². The molecule has 0 atom stereocenters. The van der Waals surface area contributed by atoms with E-state index in [2.05, 4.69) is 19.2 Å². The average molecular weight is 316 g/mol. The molecule has 0 bridgehead atoms. The monoisotopic (exact) mass is 315 g/mol. The first-order valence-electron chi connectivity index (χ1n) is 6.69. The molecular formula is C15H26ClN3O2. The fourth-order valence-electron chi connectivity index (χ4n) is 2.00. The normalized spacial score (nSPS) is 11.0. The van der Waals surface area contributed by atoms with Gasteiger partial charge in [-0.1, -0.05) is 19.9 Å². The molecule has 1 aromatic carbocycles. The van der Waals surface area contributed by atoms with Gasteiger partial charge in [0, 0.05) is 18.3 Å². The van der Waals surface area contributed by atoms with Crippen LogP contribution in [0.2, 0.25) is 0 Å². The van der Waals surface area contributed by atoms with Crippen LogP contribution in [0.25, 0.3) is 0 Å². The quantitative estimate of drug-likeness (QED) is 0.807. The molecule has 0 saturated carbocycles. The van der Waals surface area contributed by atoms with Gasteiger partial charge in [-0.15, -0.1) is 12.4 Å². The van der Waals surface area contributed by atoms with Crippen molar-refractivity contribution in [3.05, 3.63) is 24.3 Å². The highest BCUT2D eigenvalue weighted by Crippen LogP contribution is 2.17. The molecule has 0 heterocycles. The van der Waals surface area contributed by atoms with E-state index >= 15 is 0 Å². The first-order valence-corrected chi connectivity index (χ1v) is 6.69. The fraction of sp³-hybridized carbons (Fsp3) is 0.533. The zero-order valence-electron chi connectivity index (χ0n) is 13.2. The second-order valence-electron chi connectivity index (χ2n) is 5.82. The summed E-state index contributed by atoms with van der Waals surface area (Å²) >= 11 is 0. The van der Waals surface area contributed by atoms with Gasteiger partial charge in [0.05, 0.1) is 13.7 Å². The first-order chi connectivity index (χ1) is 9.36. The van der Waals surface area contributed by atoms with Crippen molar-refractivity contribution >= 4 is 24.0 Å². The van der Waals surface area contributed by atoms with Gasteiger partial charge in [-0.3, -0.25) is 9.69 Å². The number of nitrogens with one attached hydrogen (secondary N) is 1. The van der Waals surface area contributed by atoms with Crippen LogP contribution in [-0.4, -0.2) is 44.6 Å². The Morgan fingerprint density at radius 1 is 1.43 bits per heavy atom. The molecule has 1 rings (SSSR count). The highest BCUT2D eigenvalue weighted by Gasteiger charge is 2.19. The number of anilines is 1. The van der Waals surface area contributed by atoms with E-state index < -0.39 is 0 Å². The number of nitrogens with two attached hydrogens (primary N) is 1. The summed E-state index contributed by atoms with van der Waals surface area (Å²) in [6.07, 6.45) is 0. The number of methoxy groups -OCH3 is 1. The van der Waals surface area contributed by atoms with Crippen LogP contribution in [0.1, 0.15) is 13.8 Å². The molecule has 0 aliphatic rings. The standard InChI is InChI=1S/C15H25N3O2.ClH/c1-15(2,10-16)11-18(3)9-14(19)17-12-6-5-7-13(8-12)20-4;/h5-8H,9-11,16H2,1-4H3,(H,17,19);1H. The van der Waals surface area contributed by atoms with Crippen LogP contribution in [-0.2, 0) is 4.79 Å². The Morgan fingerprint density at radius 2 is 2.10 bits per heavy atom. The lowest BCUT2D eigenvalue weighted by Crippen LogP contribution is -2.40. The molecule has 0 aromatic heterocycles. The molecule has 0 spiro atoms. The summed E-state index contributed by atoms with van der Waals surface area (Å²) in [5.41, 5.74) is 6.44. The third-order valence-corrected chi connectivity index (χ3v) is 3.02. The molecule has 0 aliphatic carbocycles. The summed E-state index contributed by atoms with van der Waals surface area (Å²) in [7, 11) is 3.52. The maximum Gasteiger partial charge on any atom is 0.238 e. The lowest BCUT2D eigenvalue weighted by Gasteiger charge is -2.28. The molecule has 0 saturated heterocycles. The molecule has 0 aliphatic heterocycles. The zero-order valence-corrected chi connectivity index (χ0v) is 14.0. The number of carbonyl (C=O) groups excluding carboxylic acids is 1. The number of nitrogens with zero attached hydrogens (tertiary/aromatic N) is 1. The van der Waals surface area contributed by atoms with Crippen LogP contribution in [0.5, 0.6) is 5.75 Å². The van der Waals surface area contributed by atoms with E-state index in [9.17, 15) is 4.79 Å². The number of amides is 1. The molecule has 1 amide bonds. The number of halogens is 1. The van der Waals surface area contributed by atoms with E-state index in [0.29, 0.717) is 13.1 Å². The Morgan fingerprint density at radius 3 is 2.67 bits per heavy atom. The summed E-state index contributed by atoms with van der Waals surface area (Å²) in [6, 6.07) is 7.31. The minimum atomic E-state index is -0.0476. The van der Waals surface area contributed by atoms with Crippen molar-refractivity contribution in [2.24, 2.45) is 11.1 Å². The Labute approximate surface area is 133 Å². The van der Waals surface area contributed by atoms with Gasteiger partial charge < -0.3 is 15.8 Å². The summed E-state index contributed by atoms with van der Waals surface area (Å²) in [5, 5.41) is 2.86. The maximum absolute atomic E-state index is 12.0. The van der Waals surface area contributed by atoms with Gasteiger partial charge in [0.15, 0.2) is 0 Å². The van der Waals surface area contributed by atoms with E-state index in [1.165, 1.54) is 0 Å². The molecule has 0 unspecified atom stereocenters. The summed E-state index contributed by atoms with van der Waals surface area (Å²) in [4.78, 5) is 13.9. The number of benzene rings is 1. The topological polar surface area (TPSA) is 67.6 Å². The van der Waals surface area contributed by atoms with Gasteiger partial charge in [-0.25, -0.2) is 0 Å². The number of hydrogen-bond donors (Lipinski definition) is 2. The number of likely N-dealkylation sites (N-methyl/N-ethyl adjacent to an activating group) is 1. The van der Waals surface area contributed by atoms with Crippen LogP contribution in [0.4, 0.5) is 5.69 Å². The molecule has 1 aromatic rings. The van der Waals surface area contributed by atoms with Crippen molar-refractivity contribution in [1.29, 1.82) is 0 Å². The van der Waals surface area contributed by atoms with E-state index in [0.717, 1.165) is 18.0 Å². The van der Waals surface area contributed by atoms with E-state index in [4.69, 9.17) is 10.5 Å². The number of carbonyl (C=O) groups is 1. The highest BCUT2D eigenvalue weighted by molar-refractivity contribution is 5.92. The Kier molecular flexibility index (Phi) is 8.32. The molecule has 3 N–H and O–H groups in total.